The van der Waals surface area contributed by atoms with Gasteiger partial charge >= 0.3 is 0 Å². The van der Waals surface area contributed by atoms with Gasteiger partial charge in [0.25, 0.3) is 6.01 Å². The number of aromatic nitrogens is 1. The Kier molecular flexibility index (Phi) is 3.72. The van der Waals surface area contributed by atoms with Crippen LogP contribution in [0.25, 0.3) is 0 Å². The second-order valence-corrected chi connectivity index (χ2v) is 3.78. The van der Waals surface area contributed by atoms with Crippen molar-refractivity contribution in [2.45, 2.75) is 6.42 Å². The van der Waals surface area contributed by atoms with Gasteiger partial charge in [-0.3, -0.25) is 0 Å². The van der Waals surface area contributed by atoms with Crippen molar-refractivity contribution in [1.29, 1.82) is 0 Å². The van der Waals surface area contributed by atoms with E-state index in [2.05, 4.69) is 10.3 Å². The Hall–Kier alpha value is -2.17. The Bertz CT molecular complexity index is 500. The van der Waals surface area contributed by atoms with Crippen LogP contribution in [-0.4, -0.2) is 26.3 Å². The van der Waals surface area contributed by atoms with E-state index in [1.165, 1.54) is 0 Å². The maximum atomic E-state index is 5.48. The van der Waals surface area contributed by atoms with Gasteiger partial charge in [-0.15, -0.1) is 0 Å². The second kappa shape index (κ2) is 5.44. The lowest BCUT2D eigenvalue weighted by atomic mass is 10.1. The van der Waals surface area contributed by atoms with E-state index in [4.69, 9.17) is 13.9 Å². The molecule has 0 saturated heterocycles. The number of nitrogens with one attached hydrogen (secondary N) is 1. The maximum Gasteiger partial charge on any atom is 0.294 e. The van der Waals surface area contributed by atoms with Crippen molar-refractivity contribution in [3.63, 3.8) is 0 Å². The fourth-order valence-corrected chi connectivity index (χ4v) is 1.67. The maximum absolute atomic E-state index is 5.48. The topological polar surface area (TPSA) is 56.5 Å². The quantitative estimate of drug-likeness (QED) is 0.880. The third-order valence-electron chi connectivity index (χ3n) is 2.56. The lowest BCUT2D eigenvalue weighted by molar-refractivity contribution is 0.393. The van der Waals surface area contributed by atoms with Gasteiger partial charge in [0.2, 0.25) is 0 Å². The molecule has 1 heterocycles. The summed E-state index contributed by atoms with van der Waals surface area (Å²) in [5, 5.41) is 2.85. The highest BCUT2D eigenvalue weighted by Crippen LogP contribution is 2.24. The summed E-state index contributed by atoms with van der Waals surface area (Å²) in [5.41, 5.74) is 1.05. The fraction of sp³-hybridized carbons (Fsp3) is 0.308. The normalized spacial score (nSPS) is 10.2. The Labute approximate surface area is 106 Å². The molecule has 1 aromatic heterocycles. The smallest absolute Gasteiger partial charge is 0.294 e. The largest absolute Gasteiger partial charge is 0.497 e. The van der Waals surface area contributed by atoms with Gasteiger partial charge in [0, 0.05) is 19.5 Å². The molecule has 2 rings (SSSR count). The van der Waals surface area contributed by atoms with Crippen LogP contribution in [-0.2, 0) is 6.42 Å². The monoisotopic (exact) mass is 248 g/mol. The highest BCUT2D eigenvalue weighted by atomic mass is 16.5. The van der Waals surface area contributed by atoms with E-state index < -0.39 is 0 Å². The Morgan fingerprint density at radius 2 is 1.83 bits per heavy atom. The summed E-state index contributed by atoms with van der Waals surface area (Å²) in [6.07, 6.45) is 2.35. The predicted molar refractivity (Wildman–Crippen MR) is 68.4 cm³/mol. The van der Waals surface area contributed by atoms with Crippen molar-refractivity contribution in [3.8, 4) is 11.5 Å². The summed E-state index contributed by atoms with van der Waals surface area (Å²) < 4.78 is 15.9. The molecule has 96 valence electrons. The molecule has 0 spiro atoms. The minimum Gasteiger partial charge on any atom is -0.497 e. The average Bonchev–Trinajstić information content (AvgIpc) is 2.85. The van der Waals surface area contributed by atoms with Gasteiger partial charge in [0.05, 0.1) is 20.4 Å². The minimum atomic E-state index is 0.514. The lowest BCUT2D eigenvalue weighted by Crippen LogP contribution is -1.92. The van der Waals surface area contributed by atoms with Gasteiger partial charge in [-0.2, -0.15) is 0 Å². The molecule has 2 aromatic rings. The Balaban J connectivity index is 2.22. The molecule has 0 aliphatic carbocycles. The summed E-state index contributed by atoms with van der Waals surface area (Å²) >= 11 is 0. The molecule has 0 bridgehead atoms. The average molecular weight is 248 g/mol. The molecule has 0 aliphatic heterocycles. The van der Waals surface area contributed by atoms with Crippen molar-refractivity contribution in [1.82, 2.24) is 4.98 Å². The summed E-state index contributed by atoms with van der Waals surface area (Å²) in [4.78, 5) is 4.08. The highest BCUT2D eigenvalue weighted by Gasteiger charge is 2.06. The van der Waals surface area contributed by atoms with Crippen molar-refractivity contribution < 1.29 is 13.9 Å². The standard InChI is InChI=1S/C13H16N2O3/c1-14-13-15-8-12(18-13)6-9-4-10(16-2)7-11(5-9)17-3/h4-5,7-8H,6H2,1-3H3,(H,14,15). The molecule has 5 heteroatoms. The molecule has 0 amide bonds. The molecule has 0 saturated carbocycles. The number of ether oxygens (including phenoxy) is 2. The third kappa shape index (κ3) is 2.74. The molecule has 0 fully saturated rings. The van der Waals surface area contributed by atoms with E-state index >= 15 is 0 Å². The van der Waals surface area contributed by atoms with Crippen LogP contribution in [0.15, 0.2) is 28.8 Å². The van der Waals surface area contributed by atoms with Crippen molar-refractivity contribution in [2.24, 2.45) is 0 Å². The molecule has 0 atom stereocenters. The van der Waals surface area contributed by atoms with Gasteiger partial charge in [0.1, 0.15) is 17.3 Å². The number of methoxy groups -OCH3 is 2. The van der Waals surface area contributed by atoms with Crippen LogP contribution in [0.1, 0.15) is 11.3 Å². The number of hydrogen-bond donors (Lipinski definition) is 1. The Morgan fingerprint density at radius 3 is 2.33 bits per heavy atom. The molecule has 18 heavy (non-hydrogen) atoms. The summed E-state index contributed by atoms with van der Waals surface area (Å²) in [7, 11) is 5.03. The summed E-state index contributed by atoms with van der Waals surface area (Å²) in [6.45, 7) is 0. The van der Waals surface area contributed by atoms with E-state index in [1.54, 1.807) is 27.5 Å². The molecular formula is C13H16N2O3. The minimum absolute atomic E-state index is 0.514. The predicted octanol–water partition coefficient (Wildman–Crippen LogP) is 2.32. The zero-order valence-corrected chi connectivity index (χ0v) is 10.7. The molecule has 5 nitrogen and oxygen atoms in total. The molecule has 0 unspecified atom stereocenters. The molecule has 1 aromatic carbocycles. The van der Waals surface area contributed by atoms with Crippen LogP contribution in [0.5, 0.6) is 11.5 Å². The third-order valence-corrected chi connectivity index (χ3v) is 2.56. The van der Waals surface area contributed by atoms with E-state index in [0.717, 1.165) is 22.8 Å². The summed E-state index contributed by atoms with van der Waals surface area (Å²) in [6, 6.07) is 6.25. The first-order valence-corrected chi connectivity index (χ1v) is 5.59. The highest BCUT2D eigenvalue weighted by molar-refractivity contribution is 5.39. The molecular weight excluding hydrogens is 232 g/mol. The van der Waals surface area contributed by atoms with Crippen LogP contribution in [0.4, 0.5) is 6.01 Å². The Morgan fingerprint density at radius 1 is 1.17 bits per heavy atom. The fourth-order valence-electron chi connectivity index (χ4n) is 1.67. The number of hydrogen-bond acceptors (Lipinski definition) is 5. The first kappa shape index (κ1) is 12.3. The summed E-state index contributed by atoms with van der Waals surface area (Å²) in [5.74, 6) is 2.31. The van der Waals surface area contributed by atoms with Crippen LogP contribution in [0, 0.1) is 0 Å². The van der Waals surface area contributed by atoms with Gasteiger partial charge in [0.15, 0.2) is 0 Å². The zero-order chi connectivity index (χ0) is 13.0. The van der Waals surface area contributed by atoms with E-state index in [0.29, 0.717) is 12.4 Å². The van der Waals surface area contributed by atoms with Crippen molar-refractivity contribution in [2.75, 3.05) is 26.6 Å². The van der Waals surface area contributed by atoms with Crippen LogP contribution in [0.3, 0.4) is 0 Å². The van der Waals surface area contributed by atoms with Gasteiger partial charge in [-0.05, 0) is 17.7 Å². The van der Waals surface area contributed by atoms with E-state index in [1.807, 2.05) is 18.2 Å². The number of oxazole rings is 1. The molecule has 1 N–H and O–H groups in total. The zero-order valence-electron chi connectivity index (χ0n) is 10.7. The van der Waals surface area contributed by atoms with Crippen LogP contribution < -0.4 is 14.8 Å². The first-order valence-electron chi connectivity index (χ1n) is 5.59. The molecule has 0 radical (unpaired) electrons. The molecule has 0 aliphatic rings. The lowest BCUT2D eigenvalue weighted by Gasteiger charge is -2.07. The first-order chi connectivity index (χ1) is 8.75. The van der Waals surface area contributed by atoms with Gasteiger partial charge in [-0.25, -0.2) is 4.98 Å². The second-order valence-electron chi connectivity index (χ2n) is 3.78. The van der Waals surface area contributed by atoms with Crippen molar-refractivity contribution >= 4 is 6.01 Å². The number of rotatable bonds is 5. The van der Waals surface area contributed by atoms with E-state index in [-0.39, 0.29) is 0 Å². The number of nitrogens with zero attached hydrogens (tertiary/aromatic N) is 1. The number of benzene rings is 1. The number of anilines is 1. The van der Waals surface area contributed by atoms with Crippen molar-refractivity contribution in [3.05, 3.63) is 35.7 Å². The van der Waals surface area contributed by atoms with Gasteiger partial charge in [-0.1, -0.05) is 0 Å². The van der Waals surface area contributed by atoms with Crippen LogP contribution in [0.2, 0.25) is 0 Å². The van der Waals surface area contributed by atoms with Gasteiger partial charge < -0.3 is 19.2 Å². The van der Waals surface area contributed by atoms with Crippen LogP contribution >= 0.6 is 0 Å². The van der Waals surface area contributed by atoms with E-state index in [9.17, 15) is 0 Å². The SMILES string of the molecule is CNc1ncc(Cc2cc(OC)cc(OC)c2)o1.